The molecule has 0 saturated heterocycles. The number of aliphatic carboxylic acids is 1. The van der Waals surface area contributed by atoms with Gasteiger partial charge in [0, 0.05) is 0 Å². The van der Waals surface area contributed by atoms with Crippen molar-refractivity contribution in [3.63, 3.8) is 0 Å². The number of aliphatic hydroxyl groups is 1. The van der Waals surface area contributed by atoms with Crippen LogP contribution in [0, 0.1) is 17.3 Å². The first-order valence-electron chi connectivity index (χ1n) is 5.64. The minimum Gasteiger partial charge on any atom is -0.481 e. The smallest absolute Gasteiger partial charge is 0.307 e. The highest BCUT2D eigenvalue weighted by Crippen LogP contribution is 2.47. The van der Waals surface area contributed by atoms with Crippen LogP contribution in [0.4, 0.5) is 0 Å². The molecule has 0 spiro atoms. The van der Waals surface area contributed by atoms with E-state index in [0.29, 0.717) is 19.3 Å². The average Bonchev–Trinajstić information content (AvgIpc) is 2.00. The maximum absolute atomic E-state index is 11.1. The third-order valence-corrected chi connectivity index (χ3v) is 3.94. The van der Waals surface area contributed by atoms with Gasteiger partial charge >= 0.3 is 5.97 Å². The van der Waals surface area contributed by atoms with Crippen LogP contribution in [-0.4, -0.2) is 21.8 Å². The van der Waals surface area contributed by atoms with Crippen molar-refractivity contribution in [2.75, 3.05) is 0 Å². The normalized spacial score (nSPS) is 35.5. The summed E-state index contributed by atoms with van der Waals surface area (Å²) in [4.78, 5) is 11.1. The third-order valence-electron chi connectivity index (χ3n) is 3.94. The zero-order valence-electron chi connectivity index (χ0n) is 10.1. The summed E-state index contributed by atoms with van der Waals surface area (Å²) in [5.41, 5.74) is -1.00. The number of carboxylic acids is 1. The molecule has 3 nitrogen and oxygen atoms in total. The van der Waals surface area contributed by atoms with Crippen LogP contribution in [0.1, 0.15) is 47.0 Å². The Morgan fingerprint density at radius 3 is 2.27 bits per heavy atom. The van der Waals surface area contributed by atoms with Gasteiger partial charge < -0.3 is 10.2 Å². The van der Waals surface area contributed by atoms with Crippen LogP contribution in [0.25, 0.3) is 0 Å². The van der Waals surface area contributed by atoms with Crippen molar-refractivity contribution >= 4 is 5.97 Å². The van der Waals surface area contributed by atoms with Crippen LogP contribution < -0.4 is 0 Å². The first kappa shape index (κ1) is 12.5. The largest absolute Gasteiger partial charge is 0.481 e. The van der Waals surface area contributed by atoms with Crippen LogP contribution >= 0.6 is 0 Å². The average molecular weight is 214 g/mol. The van der Waals surface area contributed by atoms with Gasteiger partial charge in [0.15, 0.2) is 0 Å². The number of carboxylic acid groups (broad SMARTS) is 1. The lowest BCUT2D eigenvalue weighted by Gasteiger charge is -2.47. The van der Waals surface area contributed by atoms with E-state index in [9.17, 15) is 9.90 Å². The number of hydrogen-bond donors (Lipinski definition) is 2. The maximum atomic E-state index is 11.1. The Morgan fingerprint density at radius 1 is 1.40 bits per heavy atom. The van der Waals surface area contributed by atoms with Gasteiger partial charge in [-0.2, -0.15) is 0 Å². The quantitative estimate of drug-likeness (QED) is 0.741. The summed E-state index contributed by atoms with van der Waals surface area (Å²) >= 11 is 0. The fraction of sp³-hybridized carbons (Fsp3) is 0.917. The topological polar surface area (TPSA) is 57.5 Å². The minimum absolute atomic E-state index is 0.187. The second-order valence-electron chi connectivity index (χ2n) is 5.85. The van der Waals surface area contributed by atoms with Crippen LogP contribution in [0.15, 0.2) is 0 Å². The number of hydrogen-bond acceptors (Lipinski definition) is 2. The van der Waals surface area contributed by atoms with E-state index < -0.39 is 11.6 Å². The fourth-order valence-electron chi connectivity index (χ4n) is 2.74. The first-order valence-corrected chi connectivity index (χ1v) is 5.64. The fourth-order valence-corrected chi connectivity index (χ4v) is 2.74. The Hall–Kier alpha value is -0.570. The van der Waals surface area contributed by atoms with E-state index in [0.717, 1.165) is 0 Å². The van der Waals surface area contributed by atoms with Gasteiger partial charge in [0.05, 0.1) is 11.5 Å². The standard InChI is InChI=1S/C12H22O3/c1-8(2)12(15)6-5-9(10(13)14)11(3,4)7-12/h8-9,15H,5-7H2,1-4H3,(H,13,14)/t9-,12+/m1/s1. The van der Waals surface area contributed by atoms with Crippen molar-refractivity contribution in [1.82, 2.24) is 0 Å². The van der Waals surface area contributed by atoms with Gasteiger partial charge in [-0.1, -0.05) is 27.7 Å². The van der Waals surface area contributed by atoms with Gasteiger partial charge in [-0.3, -0.25) is 4.79 Å². The number of carbonyl (C=O) groups is 1. The molecular weight excluding hydrogens is 192 g/mol. The lowest BCUT2D eigenvalue weighted by Crippen LogP contribution is -2.48. The second kappa shape index (κ2) is 3.78. The summed E-state index contributed by atoms with van der Waals surface area (Å²) in [7, 11) is 0. The minimum atomic E-state index is -0.731. The van der Waals surface area contributed by atoms with Crippen molar-refractivity contribution in [2.45, 2.75) is 52.6 Å². The van der Waals surface area contributed by atoms with Crippen LogP contribution in [-0.2, 0) is 4.79 Å². The Kier molecular flexibility index (Phi) is 3.15. The van der Waals surface area contributed by atoms with Gasteiger partial charge in [-0.15, -0.1) is 0 Å². The van der Waals surface area contributed by atoms with E-state index in [1.165, 1.54) is 0 Å². The molecule has 2 N–H and O–H groups in total. The molecule has 1 fully saturated rings. The SMILES string of the molecule is CC(C)[C@]1(O)CC[C@H](C(=O)O)C(C)(C)C1. The molecule has 0 aromatic rings. The molecule has 0 heterocycles. The molecule has 88 valence electrons. The summed E-state index contributed by atoms with van der Waals surface area (Å²) in [5, 5.41) is 19.5. The van der Waals surface area contributed by atoms with Crippen LogP contribution in [0.3, 0.4) is 0 Å². The molecule has 1 aliphatic carbocycles. The molecule has 15 heavy (non-hydrogen) atoms. The molecule has 0 bridgehead atoms. The van der Waals surface area contributed by atoms with E-state index in [4.69, 9.17) is 5.11 Å². The molecule has 0 amide bonds. The van der Waals surface area contributed by atoms with Crippen molar-refractivity contribution in [3.05, 3.63) is 0 Å². The summed E-state index contributed by atoms with van der Waals surface area (Å²) in [5.74, 6) is -0.867. The molecule has 0 unspecified atom stereocenters. The zero-order valence-corrected chi connectivity index (χ0v) is 10.1. The lowest BCUT2D eigenvalue weighted by atomic mass is 9.61. The number of rotatable bonds is 2. The lowest BCUT2D eigenvalue weighted by molar-refractivity contribution is -0.156. The molecule has 2 atom stereocenters. The van der Waals surface area contributed by atoms with Crippen LogP contribution in [0.2, 0.25) is 0 Å². The Labute approximate surface area is 91.5 Å². The molecule has 0 aromatic carbocycles. The van der Waals surface area contributed by atoms with Gasteiger partial charge in [-0.05, 0) is 30.6 Å². The molecule has 1 aliphatic rings. The molecular formula is C12H22O3. The van der Waals surface area contributed by atoms with Crippen molar-refractivity contribution in [2.24, 2.45) is 17.3 Å². The van der Waals surface area contributed by atoms with Crippen molar-refractivity contribution in [1.29, 1.82) is 0 Å². The Balaban J connectivity index is 2.85. The van der Waals surface area contributed by atoms with Gasteiger partial charge in [-0.25, -0.2) is 0 Å². The highest BCUT2D eigenvalue weighted by atomic mass is 16.4. The summed E-state index contributed by atoms with van der Waals surface area (Å²) in [6.45, 7) is 7.88. The van der Waals surface area contributed by atoms with E-state index >= 15 is 0 Å². The highest BCUT2D eigenvalue weighted by Gasteiger charge is 2.48. The highest BCUT2D eigenvalue weighted by molar-refractivity contribution is 5.71. The second-order valence-corrected chi connectivity index (χ2v) is 5.85. The van der Waals surface area contributed by atoms with E-state index in [2.05, 4.69) is 0 Å². The zero-order chi connectivity index (χ0) is 11.9. The molecule has 0 radical (unpaired) electrons. The predicted molar refractivity (Wildman–Crippen MR) is 58.5 cm³/mol. The van der Waals surface area contributed by atoms with Gasteiger partial charge in [0.1, 0.15) is 0 Å². The first-order chi connectivity index (χ1) is 6.69. The van der Waals surface area contributed by atoms with E-state index in [-0.39, 0.29) is 17.3 Å². The maximum Gasteiger partial charge on any atom is 0.307 e. The molecule has 0 aromatic heterocycles. The molecule has 0 aliphatic heterocycles. The van der Waals surface area contributed by atoms with E-state index in [1.807, 2.05) is 27.7 Å². The molecule has 1 rings (SSSR count). The summed E-state index contributed by atoms with van der Waals surface area (Å²) in [6, 6.07) is 0. The Morgan fingerprint density at radius 2 is 1.93 bits per heavy atom. The molecule has 1 saturated carbocycles. The monoisotopic (exact) mass is 214 g/mol. The molecule has 3 heteroatoms. The van der Waals surface area contributed by atoms with Crippen molar-refractivity contribution < 1.29 is 15.0 Å². The van der Waals surface area contributed by atoms with Crippen LogP contribution in [0.5, 0.6) is 0 Å². The van der Waals surface area contributed by atoms with Crippen molar-refractivity contribution in [3.8, 4) is 0 Å². The summed E-state index contributed by atoms with van der Waals surface area (Å²) < 4.78 is 0. The van der Waals surface area contributed by atoms with Gasteiger partial charge in [0.25, 0.3) is 0 Å². The summed E-state index contributed by atoms with van der Waals surface area (Å²) in [6.07, 6.45) is 1.76. The van der Waals surface area contributed by atoms with E-state index in [1.54, 1.807) is 0 Å². The third kappa shape index (κ3) is 2.33. The Bertz CT molecular complexity index is 258. The predicted octanol–water partition coefficient (Wildman–Crippen LogP) is 2.28. The van der Waals surface area contributed by atoms with Gasteiger partial charge in [0.2, 0.25) is 0 Å².